The molecular formula is C48H74CaO14S2. The summed E-state index contributed by atoms with van der Waals surface area (Å²) in [6.07, 6.45) is 23.4. The molecule has 0 aliphatic heterocycles. The molecule has 0 saturated carbocycles. The molecule has 0 fully saturated rings. The average molecular weight is 979 g/mol. The number of unbranched alkanes of at least 4 members (excludes halogenated alkanes) is 18. The summed E-state index contributed by atoms with van der Waals surface area (Å²) in [5.74, 6) is -2.70. The normalized spacial score (nSPS) is 12.2. The van der Waals surface area contributed by atoms with Gasteiger partial charge in [0, 0.05) is 10.5 Å². The second kappa shape index (κ2) is 37.4. The molecule has 2 atom stereocenters. The van der Waals surface area contributed by atoms with Crippen molar-refractivity contribution in [2.75, 3.05) is 26.4 Å². The van der Waals surface area contributed by atoms with E-state index in [1.807, 2.05) is 0 Å². The molecule has 0 spiro atoms. The van der Waals surface area contributed by atoms with Crippen LogP contribution in [-0.4, -0.2) is 124 Å². The van der Waals surface area contributed by atoms with Crippen LogP contribution >= 0.6 is 0 Å². The van der Waals surface area contributed by atoms with E-state index in [0.717, 1.165) is 38.5 Å². The summed E-state index contributed by atoms with van der Waals surface area (Å²) in [6, 6.07) is 12.3. The Kier molecular flexibility index (Phi) is 35.9. The van der Waals surface area contributed by atoms with E-state index in [1.54, 1.807) is 24.3 Å². The number of hydrogen-bond donors (Lipinski definition) is 0. The van der Waals surface area contributed by atoms with E-state index in [0.29, 0.717) is 0 Å². The third-order valence-electron chi connectivity index (χ3n) is 10.7. The fraction of sp³-hybridized carbons (Fsp3) is 0.667. The van der Waals surface area contributed by atoms with Gasteiger partial charge in [-0.1, -0.05) is 154 Å². The van der Waals surface area contributed by atoms with Gasteiger partial charge in [-0.2, -0.15) is 0 Å². The van der Waals surface area contributed by atoms with E-state index in [1.165, 1.54) is 128 Å². The third kappa shape index (κ3) is 29.7. The fourth-order valence-electron chi connectivity index (χ4n) is 6.42. The van der Waals surface area contributed by atoms with Gasteiger partial charge in [0.15, 0.2) is 0 Å². The number of carbonyl (C=O) groups is 4. The van der Waals surface area contributed by atoms with E-state index in [4.69, 9.17) is 18.9 Å². The number of rotatable bonds is 34. The Hall–Kier alpha value is -2.60. The van der Waals surface area contributed by atoms with Crippen molar-refractivity contribution >= 4 is 81.9 Å². The van der Waals surface area contributed by atoms with Crippen molar-refractivity contribution in [3.63, 3.8) is 0 Å². The maximum absolute atomic E-state index is 12.4. The smallest absolute Gasteiger partial charge is 0.748 e. The first-order valence-electron chi connectivity index (χ1n) is 23.3. The zero-order valence-electron chi connectivity index (χ0n) is 39.4. The summed E-state index contributed by atoms with van der Waals surface area (Å²) >= 11 is 0. The third-order valence-corrected chi connectivity index (χ3v) is 13.1. The molecule has 0 bridgehead atoms. The molecule has 0 aromatic heterocycles. The number of hydrogen-bond acceptors (Lipinski definition) is 14. The van der Waals surface area contributed by atoms with E-state index >= 15 is 0 Å². The molecule has 0 radical (unpaired) electrons. The van der Waals surface area contributed by atoms with Gasteiger partial charge in [0.05, 0.1) is 68.9 Å². The molecular weight excluding hydrogens is 905 g/mol. The molecule has 2 aromatic rings. The summed E-state index contributed by atoms with van der Waals surface area (Å²) in [7, 11) is -8.86. The van der Waals surface area contributed by atoms with Gasteiger partial charge >= 0.3 is 61.6 Å². The van der Waals surface area contributed by atoms with Crippen molar-refractivity contribution in [2.45, 2.75) is 179 Å². The van der Waals surface area contributed by atoms with Crippen molar-refractivity contribution in [2.24, 2.45) is 0 Å². The minimum atomic E-state index is -4.43. The molecule has 0 saturated heterocycles. The summed E-state index contributed by atoms with van der Waals surface area (Å²) in [4.78, 5) is 49.4. The summed E-state index contributed by atoms with van der Waals surface area (Å²) in [5.41, 5.74) is 0.319. The van der Waals surface area contributed by atoms with Crippen molar-refractivity contribution in [3.05, 3.63) is 70.8 Å². The number of esters is 4. The van der Waals surface area contributed by atoms with Gasteiger partial charge in [-0.05, 0) is 63.8 Å². The molecule has 14 nitrogen and oxygen atoms in total. The van der Waals surface area contributed by atoms with Crippen LogP contribution in [0.25, 0.3) is 0 Å². The van der Waals surface area contributed by atoms with Crippen LogP contribution in [0.15, 0.2) is 48.5 Å². The van der Waals surface area contributed by atoms with Gasteiger partial charge in [-0.15, -0.1) is 0 Å². The predicted molar refractivity (Wildman–Crippen MR) is 251 cm³/mol. The van der Waals surface area contributed by atoms with Gasteiger partial charge in [0.2, 0.25) is 0 Å². The Bertz CT molecular complexity index is 1720. The predicted octanol–water partition coefficient (Wildman–Crippen LogP) is 10.1. The zero-order valence-corrected chi connectivity index (χ0v) is 43.2. The van der Waals surface area contributed by atoms with Crippen LogP contribution in [0, 0.1) is 0 Å². The van der Waals surface area contributed by atoms with Gasteiger partial charge in [-0.25, -0.2) is 36.0 Å². The quantitative estimate of drug-likeness (QED) is 0.0209. The first-order valence-corrected chi connectivity index (χ1v) is 26.2. The molecule has 17 heteroatoms. The molecule has 65 heavy (non-hydrogen) atoms. The van der Waals surface area contributed by atoms with Gasteiger partial charge in [0.1, 0.15) is 0 Å². The van der Waals surface area contributed by atoms with E-state index in [2.05, 4.69) is 13.8 Å². The van der Waals surface area contributed by atoms with Crippen molar-refractivity contribution in [3.8, 4) is 0 Å². The van der Waals surface area contributed by atoms with Crippen LogP contribution in [0.1, 0.15) is 210 Å². The second-order valence-corrected chi connectivity index (χ2v) is 19.8. The molecule has 0 amide bonds. The first-order chi connectivity index (χ1) is 30.5. The fourth-order valence-corrected chi connectivity index (χ4v) is 7.19. The van der Waals surface area contributed by atoms with Crippen molar-refractivity contribution in [1.29, 1.82) is 0 Å². The summed E-state index contributed by atoms with van der Waals surface area (Å²) in [6.45, 7) is 7.06. The van der Waals surface area contributed by atoms with E-state index < -0.39 is 54.6 Å². The Morgan fingerprint density at radius 2 is 0.631 bits per heavy atom. The zero-order chi connectivity index (χ0) is 47.6. The number of ether oxygens (including phenoxy) is 4. The molecule has 0 heterocycles. The standard InChI is InChI=1S/2C24H38O7S.Ca/c2*1-3-4-5-6-7-8-9-10-11-14-18-30-23(25)21-15-12-13-16-22(21)24(26)31-19-17-20(2)32(27,28)29;/h2*12-13,15-16,20H,3-11,14,17-19H2,1-2H3,(H,27,28,29);/q;;+2/p-2. The Labute approximate surface area is 419 Å². The molecule has 2 unspecified atom stereocenters. The molecule has 364 valence electrons. The Morgan fingerprint density at radius 3 is 0.862 bits per heavy atom. The Morgan fingerprint density at radius 1 is 0.415 bits per heavy atom. The molecule has 0 aliphatic rings. The molecule has 0 N–H and O–H groups in total. The van der Waals surface area contributed by atoms with E-state index in [9.17, 15) is 45.1 Å². The minimum Gasteiger partial charge on any atom is -0.748 e. The van der Waals surface area contributed by atoms with Crippen molar-refractivity contribution in [1.82, 2.24) is 0 Å². The van der Waals surface area contributed by atoms with Crippen molar-refractivity contribution < 1.29 is 64.1 Å². The summed E-state index contributed by atoms with van der Waals surface area (Å²) in [5, 5.41) is -2.31. The van der Waals surface area contributed by atoms with Gasteiger partial charge < -0.3 is 28.1 Å². The maximum Gasteiger partial charge on any atom is 2.00 e. The number of benzene rings is 2. The molecule has 0 aliphatic carbocycles. The number of carbonyl (C=O) groups excluding carboxylic acids is 4. The minimum absolute atomic E-state index is 0. The largest absolute Gasteiger partial charge is 2.00 e. The molecule has 2 aromatic carbocycles. The average Bonchev–Trinajstić information content (AvgIpc) is 3.26. The van der Waals surface area contributed by atoms with Crippen LogP contribution in [-0.2, 0) is 39.2 Å². The SMILES string of the molecule is CCCCCCCCCCCCOC(=O)c1ccccc1C(=O)OCCC(C)S(=O)(=O)[O-].CCCCCCCCCCCCOC(=O)c1ccccc1C(=O)OCCC(C)S(=O)(=O)[O-].[Ca+2]. The maximum atomic E-state index is 12.4. The van der Waals surface area contributed by atoms with Gasteiger partial charge in [-0.3, -0.25) is 0 Å². The molecule has 2 rings (SSSR count). The van der Waals surface area contributed by atoms with Crippen LogP contribution in [0.2, 0.25) is 0 Å². The van der Waals surface area contributed by atoms with E-state index in [-0.39, 0.29) is 99.3 Å². The second-order valence-electron chi connectivity index (χ2n) is 16.2. The van der Waals surface area contributed by atoms with Gasteiger partial charge in [0.25, 0.3) is 0 Å². The van der Waals surface area contributed by atoms with Crippen LogP contribution < -0.4 is 0 Å². The van der Waals surface area contributed by atoms with Crippen LogP contribution in [0.3, 0.4) is 0 Å². The summed E-state index contributed by atoms with van der Waals surface area (Å²) < 4.78 is 86.2. The van der Waals surface area contributed by atoms with Crippen LogP contribution in [0.5, 0.6) is 0 Å². The first kappa shape index (κ1) is 62.4. The van der Waals surface area contributed by atoms with Crippen LogP contribution in [0.4, 0.5) is 0 Å². The monoisotopic (exact) mass is 978 g/mol. The Balaban J connectivity index is 0.00000124. The topological polar surface area (TPSA) is 220 Å².